The Kier molecular flexibility index (Phi) is 6.81. The molecule has 0 N–H and O–H groups in total. The average Bonchev–Trinajstić information content (AvgIpc) is 2.72. The van der Waals surface area contributed by atoms with Crippen LogP contribution in [0.3, 0.4) is 0 Å². The smallest absolute Gasteiger partial charge is 0.264 e. The van der Waals surface area contributed by atoms with Gasteiger partial charge in [-0.15, -0.1) is 11.8 Å². The third-order valence-electron chi connectivity index (χ3n) is 4.88. The second-order valence-electron chi connectivity index (χ2n) is 6.85. The SMILES string of the molecule is CSc1ccc(S(=O)(=O)N(CC(=O)N2CCN(C)CC2)c2cccc(F)c2)cc1. The van der Waals surface area contributed by atoms with Crippen molar-refractivity contribution in [1.82, 2.24) is 9.80 Å². The van der Waals surface area contributed by atoms with Crippen molar-refractivity contribution in [2.24, 2.45) is 0 Å². The maximum Gasteiger partial charge on any atom is 0.264 e. The zero-order valence-electron chi connectivity index (χ0n) is 16.4. The molecule has 0 atom stereocenters. The van der Waals surface area contributed by atoms with Crippen LogP contribution in [0.1, 0.15) is 0 Å². The van der Waals surface area contributed by atoms with Crippen LogP contribution < -0.4 is 4.31 Å². The summed E-state index contributed by atoms with van der Waals surface area (Å²) in [6, 6.07) is 11.7. The van der Waals surface area contributed by atoms with Crippen LogP contribution in [0.15, 0.2) is 58.3 Å². The van der Waals surface area contributed by atoms with Crippen molar-refractivity contribution in [3.05, 3.63) is 54.3 Å². The van der Waals surface area contributed by atoms with Crippen LogP contribution in [-0.4, -0.2) is 70.2 Å². The van der Waals surface area contributed by atoms with E-state index in [1.165, 1.54) is 42.1 Å². The molecule has 0 bridgehead atoms. The highest BCUT2D eigenvalue weighted by Crippen LogP contribution is 2.26. The molecule has 0 spiro atoms. The number of rotatable bonds is 6. The van der Waals surface area contributed by atoms with Gasteiger partial charge >= 0.3 is 0 Å². The molecule has 0 aromatic heterocycles. The Morgan fingerprint density at radius 3 is 2.34 bits per heavy atom. The molecule has 156 valence electrons. The molecule has 0 aliphatic carbocycles. The lowest BCUT2D eigenvalue weighted by molar-refractivity contribution is -0.131. The van der Waals surface area contributed by atoms with Gasteiger partial charge in [-0.25, -0.2) is 12.8 Å². The quantitative estimate of drug-likeness (QED) is 0.650. The third-order valence-corrected chi connectivity index (χ3v) is 7.41. The van der Waals surface area contributed by atoms with Gasteiger partial charge in [-0.2, -0.15) is 0 Å². The number of nitrogens with zero attached hydrogens (tertiary/aromatic N) is 3. The Labute approximate surface area is 175 Å². The summed E-state index contributed by atoms with van der Waals surface area (Å²) >= 11 is 1.50. The summed E-state index contributed by atoms with van der Waals surface area (Å²) in [5.41, 5.74) is 0.126. The summed E-state index contributed by atoms with van der Waals surface area (Å²) in [5, 5.41) is 0. The van der Waals surface area contributed by atoms with Gasteiger partial charge in [0.15, 0.2) is 0 Å². The van der Waals surface area contributed by atoms with E-state index in [4.69, 9.17) is 0 Å². The Hall–Kier alpha value is -2.10. The summed E-state index contributed by atoms with van der Waals surface area (Å²) in [6.07, 6.45) is 1.90. The number of halogens is 1. The number of anilines is 1. The van der Waals surface area contributed by atoms with Gasteiger partial charge in [-0.05, 0) is 55.8 Å². The molecule has 3 rings (SSSR count). The van der Waals surface area contributed by atoms with E-state index in [1.807, 2.05) is 13.3 Å². The van der Waals surface area contributed by atoms with Crippen molar-refractivity contribution in [1.29, 1.82) is 0 Å². The maximum absolute atomic E-state index is 13.8. The lowest BCUT2D eigenvalue weighted by atomic mass is 10.3. The highest BCUT2D eigenvalue weighted by Gasteiger charge is 2.30. The van der Waals surface area contributed by atoms with E-state index in [1.54, 1.807) is 17.0 Å². The number of thioether (sulfide) groups is 1. The molecule has 1 aliphatic heterocycles. The van der Waals surface area contributed by atoms with Crippen molar-refractivity contribution < 1.29 is 17.6 Å². The predicted molar refractivity (Wildman–Crippen MR) is 113 cm³/mol. The fraction of sp³-hybridized carbons (Fsp3) is 0.350. The number of amides is 1. The van der Waals surface area contributed by atoms with Gasteiger partial charge in [0.1, 0.15) is 12.4 Å². The molecule has 1 saturated heterocycles. The number of benzene rings is 2. The Morgan fingerprint density at radius 2 is 1.76 bits per heavy atom. The molecule has 0 saturated carbocycles. The van der Waals surface area contributed by atoms with E-state index in [0.29, 0.717) is 13.1 Å². The van der Waals surface area contributed by atoms with Crippen LogP contribution in [0.2, 0.25) is 0 Å². The number of piperazine rings is 1. The van der Waals surface area contributed by atoms with Crippen LogP contribution in [0.25, 0.3) is 0 Å². The molecule has 1 fully saturated rings. The van der Waals surface area contributed by atoms with Crippen molar-refractivity contribution in [3.8, 4) is 0 Å². The van der Waals surface area contributed by atoms with Gasteiger partial charge in [-0.1, -0.05) is 6.07 Å². The first kappa shape index (κ1) is 21.6. The maximum atomic E-state index is 13.8. The van der Waals surface area contributed by atoms with Crippen LogP contribution in [0, 0.1) is 5.82 Å². The summed E-state index contributed by atoms with van der Waals surface area (Å²) in [5.74, 6) is -0.862. The number of carbonyl (C=O) groups excluding carboxylic acids is 1. The summed E-state index contributed by atoms with van der Waals surface area (Å²) in [6.45, 7) is 2.16. The predicted octanol–water partition coefficient (Wildman–Crippen LogP) is 2.52. The Morgan fingerprint density at radius 1 is 1.10 bits per heavy atom. The topological polar surface area (TPSA) is 60.9 Å². The van der Waals surface area contributed by atoms with Crippen LogP contribution in [0.5, 0.6) is 0 Å². The van der Waals surface area contributed by atoms with Gasteiger partial charge in [0.05, 0.1) is 10.6 Å². The van der Waals surface area contributed by atoms with Crippen molar-refractivity contribution >= 4 is 33.4 Å². The monoisotopic (exact) mass is 437 g/mol. The molecule has 29 heavy (non-hydrogen) atoms. The zero-order chi connectivity index (χ0) is 21.0. The van der Waals surface area contributed by atoms with E-state index in [0.717, 1.165) is 28.4 Å². The molecule has 1 amide bonds. The second kappa shape index (κ2) is 9.15. The Bertz CT molecular complexity index is 959. The first-order chi connectivity index (χ1) is 13.8. The molecule has 1 heterocycles. The molecule has 0 unspecified atom stereocenters. The van der Waals surface area contributed by atoms with Gasteiger partial charge in [0.25, 0.3) is 10.0 Å². The van der Waals surface area contributed by atoms with Crippen LogP contribution >= 0.6 is 11.8 Å². The van der Waals surface area contributed by atoms with Crippen molar-refractivity contribution in [2.75, 3.05) is 50.3 Å². The first-order valence-electron chi connectivity index (χ1n) is 9.20. The highest BCUT2D eigenvalue weighted by atomic mass is 32.2. The molecule has 2 aromatic rings. The number of sulfonamides is 1. The number of hydrogen-bond donors (Lipinski definition) is 0. The van der Waals surface area contributed by atoms with Crippen LogP contribution in [0.4, 0.5) is 10.1 Å². The summed E-state index contributed by atoms with van der Waals surface area (Å²) in [7, 11) is -2.07. The molecule has 9 heteroatoms. The fourth-order valence-electron chi connectivity index (χ4n) is 3.10. The largest absolute Gasteiger partial charge is 0.339 e. The van der Waals surface area contributed by atoms with E-state index in [9.17, 15) is 17.6 Å². The average molecular weight is 438 g/mol. The van der Waals surface area contributed by atoms with Gasteiger partial charge in [-0.3, -0.25) is 9.10 Å². The fourth-order valence-corrected chi connectivity index (χ4v) is 4.91. The second-order valence-corrected chi connectivity index (χ2v) is 9.59. The van der Waals surface area contributed by atoms with Gasteiger partial charge < -0.3 is 9.80 Å². The molecule has 2 aromatic carbocycles. The van der Waals surface area contributed by atoms with E-state index in [2.05, 4.69) is 4.90 Å². The number of carbonyl (C=O) groups is 1. The van der Waals surface area contributed by atoms with Crippen molar-refractivity contribution in [3.63, 3.8) is 0 Å². The minimum atomic E-state index is -4.04. The van der Waals surface area contributed by atoms with Crippen LogP contribution in [-0.2, 0) is 14.8 Å². The highest BCUT2D eigenvalue weighted by molar-refractivity contribution is 7.98. The lowest BCUT2D eigenvalue weighted by Gasteiger charge is -2.34. The Balaban J connectivity index is 1.93. The first-order valence-corrected chi connectivity index (χ1v) is 11.9. The molecule has 0 radical (unpaired) electrons. The number of hydrogen-bond acceptors (Lipinski definition) is 5. The molecular weight excluding hydrogens is 413 g/mol. The minimum absolute atomic E-state index is 0.0609. The van der Waals surface area contributed by atoms with Crippen molar-refractivity contribution in [2.45, 2.75) is 9.79 Å². The lowest BCUT2D eigenvalue weighted by Crippen LogP contribution is -2.50. The van der Waals surface area contributed by atoms with Gasteiger partial charge in [0, 0.05) is 31.1 Å². The van der Waals surface area contributed by atoms with E-state index < -0.39 is 15.8 Å². The van der Waals surface area contributed by atoms with E-state index >= 15 is 0 Å². The molecular formula is C20H24FN3O3S2. The van der Waals surface area contributed by atoms with E-state index in [-0.39, 0.29) is 23.0 Å². The number of likely N-dealkylation sites (N-methyl/N-ethyl adjacent to an activating group) is 1. The standard InChI is InChI=1S/C20H24FN3O3S2/c1-22-10-12-23(13-11-22)20(25)15-24(17-5-3-4-16(21)14-17)29(26,27)19-8-6-18(28-2)7-9-19/h3-9,14H,10-13,15H2,1-2H3. The minimum Gasteiger partial charge on any atom is -0.339 e. The molecule has 6 nitrogen and oxygen atoms in total. The van der Waals surface area contributed by atoms with Gasteiger partial charge in [0.2, 0.25) is 5.91 Å². The zero-order valence-corrected chi connectivity index (χ0v) is 18.0. The normalized spacial score (nSPS) is 15.3. The third kappa shape index (κ3) is 5.09. The molecule has 1 aliphatic rings. The summed E-state index contributed by atoms with van der Waals surface area (Å²) in [4.78, 5) is 17.6. The summed E-state index contributed by atoms with van der Waals surface area (Å²) < 4.78 is 41.5.